The van der Waals surface area contributed by atoms with Gasteiger partial charge in [-0.25, -0.2) is 13.6 Å². The van der Waals surface area contributed by atoms with Gasteiger partial charge in [0.25, 0.3) is 5.91 Å². The van der Waals surface area contributed by atoms with Crippen LogP contribution in [0.15, 0.2) is 42.5 Å². The van der Waals surface area contributed by atoms with E-state index in [9.17, 15) is 18.4 Å². The van der Waals surface area contributed by atoms with Crippen molar-refractivity contribution in [3.8, 4) is 6.07 Å². The molecule has 0 heterocycles. The van der Waals surface area contributed by atoms with Crippen LogP contribution in [0.2, 0.25) is 0 Å². The highest BCUT2D eigenvalue weighted by Crippen LogP contribution is 2.26. The number of hydrogen-bond donors (Lipinski definition) is 0. The summed E-state index contributed by atoms with van der Waals surface area (Å²) in [5.74, 6) is -3.10. The molecule has 0 aliphatic carbocycles. The Hall–Kier alpha value is -3.27. The van der Waals surface area contributed by atoms with Crippen molar-refractivity contribution in [2.45, 2.75) is 6.04 Å². The van der Waals surface area contributed by atoms with Gasteiger partial charge < -0.3 is 9.64 Å². The van der Waals surface area contributed by atoms with Gasteiger partial charge >= 0.3 is 5.97 Å². The molecular formula is C18H14F2N2O3. The lowest BCUT2D eigenvalue weighted by atomic mass is 10.0. The fraction of sp³-hybridized carbons (Fsp3) is 0.167. The van der Waals surface area contributed by atoms with E-state index in [0.717, 1.165) is 30.2 Å². The Kier molecular flexibility index (Phi) is 5.45. The van der Waals surface area contributed by atoms with E-state index in [-0.39, 0.29) is 11.1 Å². The maximum absolute atomic E-state index is 14.1. The zero-order valence-electron chi connectivity index (χ0n) is 13.5. The van der Waals surface area contributed by atoms with E-state index in [1.807, 2.05) is 6.07 Å². The number of benzene rings is 2. The van der Waals surface area contributed by atoms with Crippen LogP contribution in [0, 0.1) is 23.0 Å². The topological polar surface area (TPSA) is 70.4 Å². The molecule has 7 heteroatoms. The van der Waals surface area contributed by atoms with Gasteiger partial charge in [0.2, 0.25) is 0 Å². The molecule has 2 aromatic carbocycles. The number of methoxy groups -OCH3 is 1. The summed E-state index contributed by atoms with van der Waals surface area (Å²) in [5.41, 5.74) is 0.239. The molecule has 2 rings (SSSR count). The lowest BCUT2D eigenvalue weighted by Crippen LogP contribution is -2.37. The number of carbonyl (C=O) groups is 2. The number of amides is 1. The predicted molar refractivity (Wildman–Crippen MR) is 84.4 cm³/mol. The van der Waals surface area contributed by atoms with Crippen LogP contribution in [-0.2, 0) is 9.53 Å². The molecule has 5 nitrogen and oxygen atoms in total. The van der Waals surface area contributed by atoms with E-state index in [4.69, 9.17) is 5.26 Å². The Bertz CT molecular complexity index is 844. The van der Waals surface area contributed by atoms with Gasteiger partial charge in [-0.05, 0) is 42.5 Å². The lowest BCUT2D eigenvalue weighted by Gasteiger charge is -2.26. The zero-order chi connectivity index (χ0) is 18.6. The summed E-state index contributed by atoms with van der Waals surface area (Å²) in [5, 5.41) is 8.79. The van der Waals surface area contributed by atoms with Gasteiger partial charge in [-0.3, -0.25) is 4.79 Å². The van der Waals surface area contributed by atoms with Crippen molar-refractivity contribution in [2.24, 2.45) is 0 Å². The van der Waals surface area contributed by atoms with Crippen LogP contribution in [0.4, 0.5) is 8.78 Å². The molecule has 128 valence electrons. The minimum atomic E-state index is -1.45. The van der Waals surface area contributed by atoms with Gasteiger partial charge in [0.05, 0.1) is 18.7 Å². The first-order valence-corrected chi connectivity index (χ1v) is 7.19. The summed E-state index contributed by atoms with van der Waals surface area (Å²) in [7, 11) is 2.37. The number of nitriles is 1. The maximum atomic E-state index is 14.1. The van der Waals surface area contributed by atoms with Crippen molar-refractivity contribution >= 4 is 11.9 Å². The molecule has 0 spiro atoms. The summed E-state index contributed by atoms with van der Waals surface area (Å²) in [6, 6.07) is 8.81. The fourth-order valence-corrected chi connectivity index (χ4v) is 2.34. The number of rotatable bonds is 4. The molecule has 0 aliphatic rings. The highest BCUT2D eigenvalue weighted by molar-refractivity contribution is 5.97. The summed E-state index contributed by atoms with van der Waals surface area (Å²) in [4.78, 5) is 25.7. The maximum Gasteiger partial charge on any atom is 0.333 e. The Balaban J connectivity index is 2.43. The second-order valence-electron chi connectivity index (χ2n) is 5.20. The van der Waals surface area contributed by atoms with E-state index in [1.165, 1.54) is 31.3 Å². The molecule has 0 fully saturated rings. The third-order valence-corrected chi connectivity index (χ3v) is 3.65. The van der Waals surface area contributed by atoms with Gasteiger partial charge in [-0.2, -0.15) is 5.26 Å². The number of likely N-dealkylation sites (N-methyl/N-ethyl adjacent to an activating group) is 1. The first kappa shape index (κ1) is 18.1. The second kappa shape index (κ2) is 7.53. The highest BCUT2D eigenvalue weighted by Gasteiger charge is 2.32. The van der Waals surface area contributed by atoms with Crippen molar-refractivity contribution in [2.75, 3.05) is 14.2 Å². The van der Waals surface area contributed by atoms with Crippen molar-refractivity contribution in [3.05, 3.63) is 70.8 Å². The molecule has 0 N–H and O–H groups in total. The van der Waals surface area contributed by atoms with Gasteiger partial charge in [0.15, 0.2) is 6.04 Å². The largest absolute Gasteiger partial charge is 0.467 e. The molecule has 0 saturated heterocycles. The Morgan fingerprint density at radius 3 is 2.36 bits per heavy atom. The van der Waals surface area contributed by atoms with E-state index in [1.54, 1.807) is 0 Å². The number of hydrogen-bond acceptors (Lipinski definition) is 4. The summed E-state index contributed by atoms with van der Waals surface area (Å²) in [6.45, 7) is 0. The Morgan fingerprint density at radius 1 is 1.16 bits per heavy atom. The Labute approximate surface area is 143 Å². The lowest BCUT2D eigenvalue weighted by molar-refractivity contribution is -0.146. The molecule has 1 atom stereocenters. The average Bonchev–Trinajstić information content (AvgIpc) is 2.63. The minimum absolute atomic E-state index is 0.187. The Morgan fingerprint density at radius 2 is 1.80 bits per heavy atom. The normalized spacial score (nSPS) is 11.3. The summed E-state index contributed by atoms with van der Waals surface area (Å²) < 4.78 is 32.2. The SMILES string of the molecule is COC(=O)[C@@H](c1cc(F)ccc1F)N(C)C(=O)c1ccc(C#N)cc1. The first-order valence-electron chi connectivity index (χ1n) is 7.19. The van der Waals surface area contributed by atoms with E-state index in [2.05, 4.69) is 4.74 Å². The number of ether oxygens (including phenoxy) is 1. The van der Waals surface area contributed by atoms with Gasteiger partial charge in [0.1, 0.15) is 11.6 Å². The van der Waals surface area contributed by atoms with Gasteiger partial charge in [0, 0.05) is 18.2 Å². The van der Waals surface area contributed by atoms with E-state index < -0.39 is 29.6 Å². The van der Waals surface area contributed by atoms with Crippen LogP contribution in [0.1, 0.15) is 27.5 Å². The van der Waals surface area contributed by atoms with E-state index >= 15 is 0 Å². The van der Waals surface area contributed by atoms with Crippen LogP contribution in [0.25, 0.3) is 0 Å². The minimum Gasteiger partial charge on any atom is -0.467 e. The van der Waals surface area contributed by atoms with Crippen LogP contribution in [0.5, 0.6) is 0 Å². The molecule has 0 bridgehead atoms. The quantitative estimate of drug-likeness (QED) is 0.800. The second-order valence-corrected chi connectivity index (χ2v) is 5.20. The average molecular weight is 344 g/mol. The number of nitrogens with zero attached hydrogens (tertiary/aromatic N) is 2. The zero-order valence-corrected chi connectivity index (χ0v) is 13.5. The number of halogens is 2. The summed E-state index contributed by atoms with van der Waals surface area (Å²) in [6.07, 6.45) is 0. The van der Waals surface area contributed by atoms with E-state index in [0.29, 0.717) is 5.56 Å². The van der Waals surface area contributed by atoms with Gasteiger partial charge in [-0.1, -0.05) is 0 Å². The number of carbonyl (C=O) groups excluding carboxylic acids is 2. The van der Waals surface area contributed by atoms with Crippen molar-refractivity contribution < 1.29 is 23.1 Å². The van der Waals surface area contributed by atoms with Crippen LogP contribution < -0.4 is 0 Å². The van der Waals surface area contributed by atoms with Crippen molar-refractivity contribution in [1.29, 1.82) is 5.26 Å². The molecule has 1 amide bonds. The highest BCUT2D eigenvalue weighted by atomic mass is 19.1. The molecule has 0 aromatic heterocycles. The molecule has 0 saturated carbocycles. The summed E-state index contributed by atoms with van der Waals surface area (Å²) >= 11 is 0. The molecule has 2 aromatic rings. The molecule has 0 radical (unpaired) electrons. The van der Waals surface area contributed by atoms with Crippen molar-refractivity contribution in [3.63, 3.8) is 0 Å². The van der Waals surface area contributed by atoms with Crippen molar-refractivity contribution in [1.82, 2.24) is 4.90 Å². The van der Waals surface area contributed by atoms with Gasteiger partial charge in [-0.15, -0.1) is 0 Å². The fourth-order valence-electron chi connectivity index (χ4n) is 2.34. The predicted octanol–water partition coefficient (Wildman–Crippen LogP) is 2.82. The van der Waals surface area contributed by atoms with Crippen LogP contribution in [-0.4, -0.2) is 30.9 Å². The third-order valence-electron chi connectivity index (χ3n) is 3.65. The smallest absolute Gasteiger partial charge is 0.333 e. The molecule has 0 aliphatic heterocycles. The molecule has 0 unspecified atom stereocenters. The first-order chi connectivity index (χ1) is 11.9. The molecular weight excluding hydrogens is 330 g/mol. The standard InChI is InChI=1S/C18H14F2N2O3/c1-22(17(23)12-5-3-11(10-21)4-6-12)16(18(24)25-2)14-9-13(19)7-8-15(14)20/h3-9,16H,1-2H3/t16-/m1/s1. The monoisotopic (exact) mass is 344 g/mol. The number of esters is 1. The van der Waals surface area contributed by atoms with Crippen LogP contribution in [0.3, 0.4) is 0 Å². The van der Waals surface area contributed by atoms with Crippen LogP contribution >= 0.6 is 0 Å². The third kappa shape index (κ3) is 3.80. The molecule has 25 heavy (non-hydrogen) atoms.